The van der Waals surface area contributed by atoms with E-state index < -0.39 is 5.54 Å². The largest absolute Gasteiger partial charge is 0.490 e. The molecule has 1 aliphatic rings. The van der Waals surface area contributed by atoms with Crippen LogP contribution in [0.5, 0.6) is 11.6 Å². The molecule has 0 aliphatic carbocycles. The number of aromatic nitrogens is 2. The second kappa shape index (κ2) is 7.95. The number of thioether (sulfide) groups is 1. The molecule has 0 bridgehead atoms. The van der Waals surface area contributed by atoms with Gasteiger partial charge in [-0.2, -0.15) is 5.26 Å². The van der Waals surface area contributed by atoms with Gasteiger partial charge in [0.05, 0.1) is 31.1 Å². The van der Waals surface area contributed by atoms with Gasteiger partial charge in [0.15, 0.2) is 5.88 Å². The highest BCUT2D eigenvalue weighted by Gasteiger charge is 2.32. The molecule has 0 saturated carbocycles. The van der Waals surface area contributed by atoms with E-state index in [2.05, 4.69) is 11.1 Å². The van der Waals surface area contributed by atoms with Gasteiger partial charge in [-0.3, -0.25) is 4.40 Å². The van der Waals surface area contributed by atoms with Crippen molar-refractivity contribution in [2.24, 2.45) is 5.73 Å². The van der Waals surface area contributed by atoms with E-state index in [1.807, 2.05) is 41.0 Å². The van der Waals surface area contributed by atoms with E-state index in [0.717, 1.165) is 28.2 Å². The van der Waals surface area contributed by atoms with E-state index >= 15 is 0 Å². The van der Waals surface area contributed by atoms with E-state index in [0.29, 0.717) is 30.4 Å². The number of imidazole rings is 1. The van der Waals surface area contributed by atoms with Crippen molar-refractivity contribution in [1.82, 2.24) is 9.38 Å². The Bertz CT molecular complexity index is 1080. The lowest BCUT2D eigenvalue weighted by atomic mass is 10.0. The van der Waals surface area contributed by atoms with Gasteiger partial charge >= 0.3 is 0 Å². The predicted octanol–water partition coefficient (Wildman–Crippen LogP) is 3.10. The quantitative estimate of drug-likeness (QED) is 0.624. The van der Waals surface area contributed by atoms with Crippen molar-refractivity contribution >= 4 is 17.4 Å². The average molecular weight is 410 g/mol. The molecule has 3 heterocycles. The standard InChI is InChI=1S/C21H22N4O3S/c1-26-20-5-3-4-19-24-11-16(25(19)20)14-8-17(15(10-22)18(9-14)29-2)28-13-21(23)6-7-27-12-21/h3-5,8-9,11H,6-7,12-13,23H2,1-2H3/t21-/m0/s1. The summed E-state index contributed by atoms with van der Waals surface area (Å²) in [6, 6.07) is 11.8. The van der Waals surface area contributed by atoms with Crippen LogP contribution in [0.1, 0.15) is 12.0 Å². The fourth-order valence-electron chi connectivity index (χ4n) is 3.45. The molecule has 0 amide bonds. The molecule has 1 aliphatic heterocycles. The zero-order valence-corrected chi connectivity index (χ0v) is 17.2. The first-order chi connectivity index (χ1) is 14.1. The lowest BCUT2D eigenvalue weighted by Crippen LogP contribution is -2.46. The van der Waals surface area contributed by atoms with E-state index in [1.165, 1.54) is 11.8 Å². The van der Waals surface area contributed by atoms with Gasteiger partial charge in [-0.05, 0) is 36.9 Å². The summed E-state index contributed by atoms with van der Waals surface area (Å²) in [5, 5.41) is 9.73. The zero-order chi connectivity index (χ0) is 20.4. The number of hydrogen-bond acceptors (Lipinski definition) is 7. The van der Waals surface area contributed by atoms with Crippen LogP contribution in [0.25, 0.3) is 16.9 Å². The highest BCUT2D eigenvalue weighted by Crippen LogP contribution is 2.36. The fourth-order valence-corrected chi connectivity index (χ4v) is 4.05. The number of nitriles is 1. The number of nitrogens with two attached hydrogens (primary N) is 1. The molecule has 7 nitrogen and oxygen atoms in total. The summed E-state index contributed by atoms with van der Waals surface area (Å²) in [4.78, 5) is 5.32. The van der Waals surface area contributed by atoms with Gasteiger partial charge in [0.2, 0.25) is 0 Å². The maximum atomic E-state index is 9.73. The fraction of sp³-hybridized carbons (Fsp3) is 0.333. The predicted molar refractivity (Wildman–Crippen MR) is 112 cm³/mol. The molecule has 8 heteroatoms. The Labute approximate surface area is 173 Å². The van der Waals surface area contributed by atoms with Crippen molar-refractivity contribution < 1.29 is 14.2 Å². The summed E-state index contributed by atoms with van der Waals surface area (Å²) in [7, 11) is 1.63. The number of hydrogen-bond donors (Lipinski definition) is 1. The Balaban J connectivity index is 1.80. The van der Waals surface area contributed by atoms with Crippen molar-refractivity contribution in [3.05, 3.63) is 42.1 Å². The van der Waals surface area contributed by atoms with Crippen LogP contribution in [-0.4, -0.2) is 48.1 Å². The number of rotatable bonds is 6. The van der Waals surface area contributed by atoms with Crippen molar-refractivity contribution in [3.8, 4) is 29.0 Å². The second-order valence-corrected chi connectivity index (χ2v) is 7.87. The highest BCUT2D eigenvalue weighted by atomic mass is 32.2. The van der Waals surface area contributed by atoms with Crippen LogP contribution >= 0.6 is 11.8 Å². The normalized spacial score (nSPS) is 18.7. The van der Waals surface area contributed by atoms with Crippen LogP contribution in [-0.2, 0) is 4.74 Å². The topological polar surface area (TPSA) is 94.8 Å². The van der Waals surface area contributed by atoms with Crippen LogP contribution in [0, 0.1) is 11.3 Å². The second-order valence-electron chi connectivity index (χ2n) is 7.02. The molecule has 2 aromatic heterocycles. The number of ether oxygens (including phenoxy) is 3. The number of pyridine rings is 1. The minimum absolute atomic E-state index is 0.287. The molecule has 1 aromatic carbocycles. The molecule has 0 radical (unpaired) electrons. The van der Waals surface area contributed by atoms with Crippen LogP contribution < -0.4 is 15.2 Å². The molecule has 1 atom stereocenters. The Kier molecular flexibility index (Phi) is 5.37. The number of methoxy groups -OCH3 is 1. The average Bonchev–Trinajstić information content (AvgIpc) is 3.38. The molecular weight excluding hydrogens is 388 g/mol. The summed E-state index contributed by atoms with van der Waals surface area (Å²) < 4.78 is 18.9. The van der Waals surface area contributed by atoms with Crippen molar-refractivity contribution in [2.45, 2.75) is 16.9 Å². The van der Waals surface area contributed by atoms with E-state index in [4.69, 9.17) is 19.9 Å². The molecular formula is C21H22N4O3S. The van der Waals surface area contributed by atoms with E-state index in [-0.39, 0.29) is 6.61 Å². The molecule has 29 heavy (non-hydrogen) atoms. The van der Waals surface area contributed by atoms with E-state index in [1.54, 1.807) is 13.3 Å². The third-order valence-electron chi connectivity index (χ3n) is 5.05. The van der Waals surface area contributed by atoms with Gasteiger partial charge in [0.25, 0.3) is 0 Å². The Morgan fingerprint density at radius 1 is 1.41 bits per heavy atom. The van der Waals surface area contributed by atoms with Crippen molar-refractivity contribution in [2.75, 3.05) is 33.2 Å². The van der Waals surface area contributed by atoms with Crippen molar-refractivity contribution in [3.63, 3.8) is 0 Å². The maximum absolute atomic E-state index is 9.73. The third kappa shape index (κ3) is 3.65. The number of benzene rings is 1. The first-order valence-corrected chi connectivity index (χ1v) is 10.4. The summed E-state index contributed by atoms with van der Waals surface area (Å²) in [5.41, 5.74) is 8.83. The minimum atomic E-state index is -0.533. The summed E-state index contributed by atoms with van der Waals surface area (Å²) in [6.45, 7) is 1.37. The molecule has 0 unspecified atom stereocenters. The van der Waals surface area contributed by atoms with Crippen LogP contribution in [0.3, 0.4) is 0 Å². The Morgan fingerprint density at radius 2 is 2.28 bits per heavy atom. The number of fused-ring (bicyclic) bond motifs is 1. The van der Waals surface area contributed by atoms with E-state index in [9.17, 15) is 5.26 Å². The lowest BCUT2D eigenvalue weighted by molar-refractivity contribution is 0.151. The molecule has 4 rings (SSSR count). The number of nitrogens with zero attached hydrogens (tertiary/aromatic N) is 3. The first kappa shape index (κ1) is 19.6. The van der Waals surface area contributed by atoms with Crippen molar-refractivity contribution in [1.29, 1.82) is 5.26 Å². The highest BCUT2D eigenvalue weighted by molar-refractivity contribution is 7.98. The van der Waals surface area contributed by atoms with Gasteiger partial charge in [-0.25, -0.2) is 4.98 Å². The summed E-state index contributed by atoms with van der Waals surface area (Å²) in [5.74, 6) is 1.19. The maximum Gasteiger partial charge on any atom is 0.199 e. The summed E-state index contributed by atoms with van der Waals surface area (Å²) in [6.07, 6.45) is 4.46. The van der Waals surface area contributed by atoms with Crippen LogP contribution in [0.2, 0.25) is 0 Å². The first-order valence-electron chi connectivity index (χ1n) is 9.21. The monoisotopic (exact) mass is 410 g/mol. The van der Waals surface area contributed by atoms with Crippen LogP contribution in [0.4, 0.5) is 0 Å². The third-order valence-corrected chi connectivity index (χ3v) is 5.81. The van der Waals surface area contributed by atoms with Gasteiger partial charge < -0.3 is 19.9 Å². The molecule has 150 valence electrons. The SMILES string of the molecule is COc1cccc2ncc(-c3cc(OC[C@]4(N)CCOC4)c(C#N)c(SC)c3)n12. The summed E-state index contributed by atoms with van der Waals surface area (Å²) >= 11 is 1.50. The Morgan fingerprint density at radius 3 is 2.97 bits per heavy atom. The molecule has 3 aromatic rings. The Hall–Kier alpha value is -2.73. The van der Waals surface area contributed by atoms with Gasteiger partial charge in [0, 0.05) is 17.1 Å². The van der Waals surface area contributed by atoms with Gasteiger partial charge in [-0.15, -0.1) is 11.8 Å². The zero-order valence-electron chi connectivity index (χ0n) is 16.3. The molecule has 2 N–H and O–H groups in total. The van der Waals surface area contributed by atoms with Gasteiger partial charge in [-0.1, -0.05) is 6.07 Å². The molecule has 1 saturated heterocycles. The molecule has 0 spiro atoms. The smallest absolute Gasteiger partial charge is 0.199 e. The minimum Gasteiger partial charge on any atom is -0.490 e. The van der Waals surface area contributed by atoms with Gasteiger partial charge in [0.1, 0.15) is 29.6 Å². The lowest BCUT2D eigenvalue weighted by Gasteiger charge is -2.23. The molecule has 1 fully saturated rings. The van der Waals surface area contributed by atoms with Crippen LogP contribution in [0.15, 0.2) is 41.4 Å².